The van der Waals surface area contributed by atoms with E-state index < -0.39 is 0 Å². The van der Waals surface area contributed by atoms with Crippen LogP contribution < -0.4 is 28.5 Å². The molecule has 19 heavy (non-hydrogen) atoms. The van der Waals surface area contributed by atoms with E-state index in [1.807, 2.05) is 0 Å². The summed E-state index contributed by atoms with van der Waals surface area (Å²) < 4.78 is 0.889. The fourth-order valence-electron chi connectivity index (χ4n) is 3.25. The van der Waals surface area contributed by atoms with Crippen LogP contribution in [0.25, 0.3) is 16.3 Å². The lowest BCUT2D eigenvalue weighted by Gasteiger charge is -2.27. The van der Waals surface area contributed by atoms with Crippen molar-refractivity contribution in [3.8, 4) is 0 Å². The first-order chi connectivity index (χ1) is 8.57. The molecule has 1 heterocycles. The van der Waals surface area contributed by atoms with E-state index in [0.717, 1.165) is 10.9 Å². The second-order valence-electron chi connectivity index (χ2n) is 5.55. The molecule has 2 heteroatoms. The van der Waals surface area contributed by atoms with Crippen molar-refractivity contribution in [2.45, 2.75) is 20.3 Å². The summed E-state index contributed by atoms with van der Waals surface area (Å²) in [7, 11) is 4.59. The molecule has 100 valence electrons. The highest BCUT2D eigenvalue weighted by atomic mass is 127. The minimum Gasteiger partial charge on any atom is -1.00 e. The molecule has 0 saturated heterocycles. The lowest BCUT2D eigenvalue weighted by Crippen LogP contribution is -3.00. The van der Waals surface area contributed by atoms with Gasteiger partial charge in [0.1, 0.15) is 5.70 Å². The maximum Gasteiger partial charge on any atom is 0.152 e. The van der Waals surface area contributed by atoms with Gasteiger partial charge in [-0.05, 0) is 23.9 Å². The smallest absolute Gasteiger partial charge is 0.152 e. The second-order valence-corrected chi connectivity index (χ2v) is 5.55. The Labute approximate surface area is 132 Å². The van der Waals surface area contributed by atoms with E-state index in [-0.39, 0.29) is 24.0 Å². The van der Waals surface area contributed by atoms with Gasteiger partial charge in [-0.3, -0.25) is 4.48 Å². The van der Waals surface area contributed by atoms with Gasteiger partial charge in [-0.1, -0.05) is 31.2 Å². The molecule has 0 bridgehead atoms. The first-order valence-electron chi connectivity index (χ1n) is 6.64. The van der Waals surface area contributed by atoms with Crippen LogP contribution in [0.3, 0.4) is 0 Å². The molecule has 0 saturated carbocycles. The lowest BCUT2D eigenvalue weighted by molar-refractivity contribution is -0.00000373. The van der Waals surface area contributed by atoms with Crippen LogP contribution in [-0.4, -0.2) is 14.1 Å². The summed E-state index contributed by atoms with van der Waals surface area (Å²) in [4.78, 5) is 0. The zero-order valence-electron chi connectivity index (χ0n) is 12.0. The van der Waals surface area contributed by atoms with Crippen molar-refractivity contribution in [1.82, 2.24) is 4.48 Å². The monoisotopic (exact) mass is 365 g/mol. The maximum absolute atomic E-state index is 2.30. The van der Waals surface area contributed by atoms with E-state index >= 15 is 0 Å². The van der Waals surface area contributed by atoms with Gasteiger partial charge < -0.3 is 24.0 Å². The van der Waals surface area contributed by atoms with Crippen molar-refractivity contribution in [3.05, 3.63) is 47.7 Å². The van der Waals surface area contributed by atoms with Gasteiger partial charge in [0.05, 0.1) is 14.1 Å². The molecule has 0 aliphatic carbocycles. The number of halogens is 1. The third-order valence-corrected chi connectivity index (χ3v) is 4.41. The number of nitrogens with zero attached hydrogens (tertiary/aromatic N) is 1. The number of allylic oxidation sites excluding steroid dienone is 2. The molecule has 0 N–H and O–H groups in total. The molecule has 0 amide bonds. The normalized spacial score (nSPS) is 16.4. The zero-order valence-corrected chi connectivity index (χ0v) is 14.2. The quantitative estimate of drug-likeness (QED) is 0.532. The third kappa shape index (κ3) is 1.93. The topological polar surface area (TPSA) is 0 Å². The molecule has 1 aliphatic rings. The number of rotatable bonds is 1. The minimum absolute atomic E-state index is 0. The van der Waals surface area contributed by atoms with Crippen molar-refractivity contribution in [3.63, 3.8) is 0 Å². The van der Waals surface area contributed by atoms with Gasteiger partial charge in [0.25, 0.3) is 0 Å². The average molecular weight is 365 g/mol. The number of benzene rings is 2. The Kier molecular flexibility index (Phi) is 3.76. The number of quaternary nitrogens is 1. The van der Waals surface area contributed by atoms with E-state index in [4.69, 9.17) is 0 Å². The summed E-state index contributed by atoms with van der Waals surface area (Å²) in [6, 6.07) is 13.3. The Morgan fingerprint density at radius 2 is 1.68 bits per heavy atom. The van der Waals surface area contributed by atoms with Crippen LogP contribution in [0.15, 0.2) is 42.1 Å². The second kappa shape index (κ2) is 4.91. The van der Waals surface area contributed by atoms with Gasteiger partial charge in [-0.25, -0.2) is 0 Å². The molecule has 0 aromatic heterocycles. The van der Waals surface area contributed by atoms with Crippen LogP contribution in [0.5, 0.6) is 0 Å². The van der Waals surface area contributed by atoms with Gasteiger partial charge in [0.2, 0.25) is 0 Å². The molecule has 1 nitrogen and oxygen atoms in total. The summed E-state index contributed by atoms with van der Waals surface area (Å²) in [6.07, 6.45) is 1.11. The van der Waals surface area contributed by atoms with E-state index in [1.165, 1.54) is 33.3 Å². The van der Waals surface area contributed by atoms with Gasteiger partial charge in [-0.15, -0.1) is 0 Å². The lowest BCUT2D eigenvalue weighted by atomic mass is 9.99. The van der Waals surface area contributed by atoms with Gasteiger partial charge >= 0.3 is 0 Å². The first-order valence-corrected chi connectivity index (χ1v) is 6.64. The summed E-state index contributed by atoms with van der Waals surface area (Å²) >= 11 is 0. The fourth-order valence-corrected chi connectivity index (χ4v) is 3.25. The van der Waals surface area contributed by atoms with Crippen molar-refractivity contribution in [2.75, 3.05) is 14.1 Å². The summed E-state index contributed by atoms with van der Waals surface area (Å²) in [6.45, 7) is 4.52. The first kappa shape index (κ1) is 14.5. The standard InChI is InChI=1S/C17H20N.HI/c1-5-14-12(2)18(3,4)17-15-9-7-6-8-13(15)10-11-16(14)17;/h6-11H,5H2,1-4H3;1H/q+1;/p-1. The molecule has 0 radical (unpaired) electrons. The van der Waals surface area contributed by atoms with E-state index in [1.54, 1.807) is 0 Å². The number of hydrogen-bond donors (Lipinski definition) is 0. The van der Waals surface area contributed by atoms with Crippen molar-refractivity contribution in [2.24, 2.45) is 0 Å². The third-order valence-electron chi connectivity index (χ3n) is 4.41. The predicted octanol–water partition coefficient (Wildman–Crippen LogP) is 1.57. The summed E-state index contributed by atoms with van der Waals surface area (Å²) in [5.41, 5.74) is 5.89. The Morgan fingerprint density at radius 1 is 1.00 bits per heavy atom. The molecule has 2 aromatic carbocycles. The number of fused-ring (bicyclic) bond motifs is 3. The average Bonchev–Trinajstić information content (AvgIpc) is 2.57. The molecular weight excluding hydrogens is 345 g/mol. The van der Waals surface area contributed by atoms with Crippen LogP contribution >= 0.6 is 0 Å². The van der Waals surface area contributed by atoms with Crippen LogP contribution in [0.2, 0.25) is 0 Å². The van der Waals surface area contributed by atoms with Gasteiger partial charge in [0, 0.05) is 23.4 Å². The van der Waals surface area contributed by atoms with E-state index in [9.17, 15) is 0 Å². The zero-order chi connectivity index (χ0) is 12.9. The molecule has 0 unspecified atom stereocenters. The van der Waals surface area contributed by atoms with Crippen LogP contribution in [0.4, 0.5) is 5.69 Å². The molecule has 0 atom stereocenters. The van der Waals surface area contributed by atoms with Crippen LogP contribution in [0, 0.1) is 0 Å². The summed E-state index contributed by atoms with van der Waals surface area (Å²) in [5.74, 6) is 0. The van der Waals surface area contributed by atoms with Crippen LogP contribution in [0.1, 0.15) is 25.8 Å². The van der Waals surface area contributed by atoms with Crippen molar-refractivity contribution in [1.29, 1.82) is 0 Å². The highest BCUT2D eigenvalue weighted by molar-refractivity contribution is 6.02. The van der Waals surface area contributed by atoms with Crippen molar-refractivity contribution < 1.29 is 24.0 Å². The Bertz CT molecular complexity index is 668. The van der Waals surface area contributed by atoms with Crippen molar-refractivity contribution >= 4 is 22.0 Å². The van der Waals surface area contributed by atoms with E-state index in [0.29, 0.717) is 0 Å². The molecule has 1 aliphatic heterocycles. The van der Waals surface area contributed by atoms with Gasteiger partial charge in [0.15, 0.2) is 5.69 Å². The number of hydrogen-bond acceptors (Lipinski definition) is 0. The molecule has 0 spiro atoms. The Morgan fingerprint density at radius 3 is 2.37 bits per heavy atom. The molecule has 0 fully saturated rings. The minimum atomic E-state index is 0. The SMILES string of the molecule is CCC1=C(C)[N+](C)(C)c2c1ccc1ccccc21.[I-]. The Hall–Kier alpha value is -0.870. The highest BCUT2D eigenvalue weighted by Gasteiger charge is 2.37. The largest absolute Gasteiger partial charge is 1.00 e. The summed E-state index contributed by atoms with van der Waals surface area (Å²) in [5, 5.41) is 2.73. The molecule has 2 aromatic rings. The molecular formula is C17H20IN. The maximum atomic E-state index is 2.30. The highest BCUT2D eigenvalue weighted by Crippen LogP contribution is 2.47. The van der Waals surface area contributed by atoms with Crippen LogP contribution in [-0.2, 0) is 0 Å². The molecule has 3 rings (SSSR count). The Balaban J connectivity index is 0.00000133. The van der Waals surface area contributed by atoms with Gasteiger partial charge in [-0.2, -0.15) is 0 Å². The predicted molar refractivity (Wildman–Crippen MR) is 80.5 cm³/mol. The van der Waals surface area contributed by atoms with E-state index in [2.05, 4.69) is 64.3 Å². The fraction of sp³-hybridized carbons (Fsp3) is 0.294.